The molecule has 0 aromatic carbocycles. The van der Waals surface area contributed by atoms with E-state index in [1.165, 1.54) is 16.9 Å². The van der Waals surface area contributed by atoms with Crippen molar-refractivity contribution in [3.8, 4) is 0 Å². The molecule has 0 radical (unpaired) electrons. The highest BCUT2D eigenvalue weighted by Gasteiger charge is 2.13. The van der Waals surface area contributed by atoms with Crippen molar-refractivity contribution in [2.75, 3.05) is 0 Å². The zero-order valence-corrected chi connectivity index (χ0v) is 7.77. The van der Waals surface area contributed by atoms with E-state index in [2.05, 4.69) is 10.1 Å². The van der Waals surface area contributed by atoms with Crippen LogP contribution in [0.25, 0.3) is 5.65 Å². The average Bonchev–Trinajstić information content (AvgIpc) is 2.60. The SMILES string of the molecule is O=C(O)c1cnn2c(CCl)ccnc12. The number of carboxylic acid groups (broad SMARTS) is 1. The van der Waals surface area contributed by atoms with Gasteiger partial charge in [-0.3, -0.25) is 0 Å². The van der Waals surface area contributed by atoms with Gasteiger partial charge in [-0.2, -0.15) is 5.10 Å². The minimum atomic E-state index is -1.04. The van der Waals surface area contributed by atoms with Crippen LogP contribution in [0.15, 0.2) is 18.5 Å². The van der Waals surface area contributed by atoms with E-state index >= 15 is 0 Å². The first-order valence-electron chi connectivity index (χ1n) is 3.85. The molecule has 72 valence electrons. The first kappa shape index (κ1) is 8.96. The summed E-state index contributed by atoms with van der Waals surface area (Å²) in [6.07, 6.45) is 2.78. The van der Waals surface area contributed by atoms with Crippen LogP contribution in [-0.4, -0.2) is 25.7 Å². The van der Waals surface area contributed by atoms with E-state index in [-0.39, 0.29) is 11.4 Å². The summed E-state index contributed by atoms with van der Waals surface area (Å²) in [6, 6.07) is 1.69. The number of carboxylic acids is 1. The summed E-state index contributed by atoms with van der Waals surface area (Å²) in [5, 5.41) is 12.7. The monoisotopic (exact) mass is 211 g/mol. The van der Waals surface area contributed by atoms with Crippen molar-refractivity contribution in [1.29, 1.82) is 0 Å². The van der Waals surface area contributed by atoms with Gasteiger partial charge in [-0.05, 0) is 6.07 Å². The fourth-order valence-corrected chi connectivity index (χ4v) is 1.40. The van der Waals surface area contributed by atoms with Gasteiger partial charge in [0.1, 0.15) is 5.56 Å². The molecule has 5 nitrogen and oxygen atoms in total. The Morgan fingerprint density at radius 1 is 1.64 bits per heavy atom. The number of rotatable bonds is 2. The average molecular weight is 212 g/mol. The maximum atomic E-state index is 10.7. The summed E-state index contributed by atoms with van der Waals surface area (Å²) in [5.41, 5.74) is 1.11. The lowest BCUT2D eigenvalue weighted by molar-refractivity contribution is 0.0699. The van der Waals surface area contributed by atoms with Gasteiger partial charge in [0.05, 0.1) is 17.8 Å². The summed E-state index contributed by atoms with van der Waals surface area (Å²) < 4.78 is 1.43. The number of aromatic carboxylic acids is 1. The summed E-state index contributed by atoms with van der Waals surface area (Å²) in [6.45, 7) is 0. The number of nitrogens with zero attached hydrogens (tertiary/aromatic N) is 3. The quantitative estimate of drug-likeness (QED) is 0.757. The Balaban J connectivity index is 2.75. The topological polar surface area (TPSA) is 67.5 Å². The Morgan fingerprint density at radius 2 is 2.43 bits per heavy atom. The molecule has 0 fully saturated rings. The Hall–Kier alpha value is -1.62. The molecule has 0 saturated carbocycles. The van der Waals surface area contributed by atoms with Crippen molar-refractivity contribution in [1.82, 2.24) is 14.6 Å². The molecular formula is C8H6ClN3O2. The Kier molecular flexibility index (Phi) is 2.09. The second-order valence-electron chi connectivity index (χ2n) is 2.67. The number of halogens is 1. The molecule has 0 bridgehead atoms. The van der Waals surface area contributed by atoms with Crippen LogP contribution >= 0.6 is 11.6 Å². The Morgan fingerprint density at radius 3 is 3.07 bits per heavy atom. The van der Waals surface area contributed by atoms with Crippen LogP contribution in [0.2, 0.25) is 0 Å². The molecule has 0 aliphatic heterocycles. The third-order valence-corrected chi connectivity index (χ3v) is 2.12. The highest BCUT2D eigenvalue weighted by molar-refractivity contribution is 6.16. The lowest BCUT2D eigenvalue weighted by Gasteiger charge is -1.98. The minimum Gasteiger partial charge on any atom is -0.477 e. The lowest BCUT2D eigenvalue weighted by atomic mass is 10.3. The summed E-state index contributed by atoms with van der Waals surface area (Å²) in [7, 11) is 0. The molecule has 0 amide bonds. The number of carbonyl (C=O) groups is 1. The predicted octanol–water partition coefficient (Wildman–Crippen LogP) is 1.17. The zero-order chi connectivity index (χ0) is 10.1. The highest BCUT2D eigenvalue weighted by atomic mass is 35.5. The van der Waals surface area contributed by atoms with Crippen LogP contribution in [0.3, 0.4) is 0 Å². The fourth-order valence-electron chi connectivity index (χ4n) is 1.19. The zero-order valence-electron chi connectivity index (χ0n) is 7.01. The van der Waals surface area contributed by atoms with Crippen molar-refractivity contribution in [2.45, 2.75) is 5.88 Å². The van der Waals surface area contributed by atoms with Gasteiger partial charge >= 0.3 is 5.97 Å². The highest BCUT2D eigenvalue weighted by Crippen LogP contribution is 2.11. The van der Waals surface area contributed by atoms with Crippen molar-refractivity contribution >= 4 is 23.2 Å². The number of aromatic nitrogens is 3. The van der Waals surface area contributed by atoms with E-state index in [0.29, 0.717) is 11.3 Å². The first-order chi connectivity index (χ1) is 6.74. The Bertz CT molecular complexity index is 494. The molecule has 6 heteroatoms. The molecule has 2 heterocycles. The summed E-state index contributed by atoms with van der Waals surface area (Å²) in [5.74, 6) is -0.779. The number of hydrogen-bond acceptors (Lipinski definition) is 3. The van der Waals surface area contributed by atoms with Gasteiger partial charge in [-0.15, -0.1) is 11.6 Å². The van der Waals surface area contributed by atoms with Crippen molar-refractivity contribution < 1.29 is 9.90 Å². The molecule has 0 atom stereocenters. The normalized spacial score (nSPS) is 10.6. The van der Waals surface area contributed by atoms with Crippen LogP contribution in [0.5, 0.6) is 0 Å². The summed E-state index contributed by atoms with van der Waals surface area (Å²) in [4.78, 5) is 14.7. The van der Waals surface area contributed by atoms with Crippen LogP contribution in [0.1, 0.15) is 16.1 Å². The molecule has 0 unspecified atom stereocenters. The summed E-state index contributed by atoms with van der Waals surface area (Å²) >= 11 is 5.66. The van der Waals surface area contributed by atoms with Gasteiger partial charge in [-0.1, -0.05) is 0 Å². The van der Waals surface area contributed by atoms with Crippen LogP contribution in [0.4, 0.5) is 0 Å². The van der Waals surface area contributed by atoms with E-state index in [0.717, 1.165) is 0 Å². The minimum absolute atomic E-state index is 0.0805. The van der Waals surface area contributed by atoms with Gasteiger partial charge in [0.25, 0.3) is 0 Å². The van der Waals surface area contributed by atoms with Gasteiger partial charge < -0.3 is 5.11 Å². The molecule has 0 saturated heterocycles. The number of fused-ring (bicyclic) bond motifs is 1. The number of hydrogen-bond donors (Lipinski definition) is 1. The third-order valence-electron chi connectivity index (χ3n) is 1.85. The van der Waals surface area contributed by atoms with Gasteiger partial charge in [-0.25, -0.2) is 14.3 Å². The third kappa shape index (κ3) is 1.22. The fraction of sp³-hybridized carbons (Fsp3) is 0.125. The molecule has 2 aromatic heterocycles. The Labute approximate surface area is 83.9 Å². The standard InChI is InChI=1S/C8H6ClN3O2/c9-3-5-1-2-10-7-6(8(13)14)4-11-12(5)7/h1-2,4H,3H2,(H,13,14). The number of alkyl halides is 1. The van der Waals surface area contributed by atoms with E-state index in [9.17, 15) is 4.79 Å². The van der Waals surface area contributed by atoms with Crippen molar-refractivity contribution in [3.05, 3.63) is 29.7 Å². The van der Waals surface area contributed by atoms with Gasteiger partial charge in [0, 0.05) is 6.20 Å². The smallest absolute Gasteiger partial charge is 0.341 e. The van der Waals surface area contributed by atoms with E-state index in [1.807, 2.05) is 0 Å². The molecular weight excluding hydrogens is 206 g/mol. The molecule has 0 aliphatic carbocycles. The second-order valence-corrected chi connectivity index (χ2v) is 2.94. The van der Waals surface area contributed by atoms with Crippen LogP contribution in [0, 0.1) is 0 Å². The molecule has 1 N–H and O–H groups in total. The van der Waals surface area contributed by atoms with Crippen molar-refractivity contribution in [3.63, 3.8) is 0 Å². The van der Waals surface area contributed by atoms with E-state index < -0.39 is 5.97 Å². The molecule has 0 spiro atoms. The molecule has 0 aliphatic rings. The van der Waals surface area contributed by atoms with Gasteiger partial charge in [0.15, 0.2) is 5.65 Å². The molecule has 2 rings (SSSR count). The van der Waals surface area contributed by atoms with Gasteiger partial charge in [0.2, 0.25) is 0 Å². The first-order valence-corrected chi connectivity index (χ1v) is 4.38. The van der Waals surface area contributed by atoms with E-state index in [4.69, 9.17) is 16.7 Å². The second kappa shape index (κ2) is 3.26. The van der Waals surface area contributed by atoms with Crippen LogP contribution < -0.4 is 0 Å². The maximum absolute atomic E-state index is 10.7. The molecule has 2 aromatic rings. The maximum Gasteiger partial charge on any atom is 0.341 e. The largest absolute Gasteiger partial charge is 0.477 e. The van der Waals surface area contributed by atoms with Crippen molar-refractivity contribution in [2.24, 2.45) is 0 Å². The lowest BCUT2D eigenvalue weighted by Crippen LogP contribution is -2.00. The van der Waals surface area contributed by atoms with Crippen LogP contribution in [-0.2, 0) is 5.88 Å². The van der Waals surface area contributed by atoms with E-state index in [1.54, 1.807) is 6.07 Å². The predicted molar refractivity (Wildman–Crippen MR) is 49.5 cm³/mol. The molecule has 14 heavy (non-hydrogen) atoms.